The van der Waals surface area contributed by atoms with Gasteiger partial charge in [0.15, 0.2) is 10.3 Å². The molecule has 8 rings (SSSR count). The smallest absolute Gasteiger partial charge is 0.243 e. The molecule has 0 bridgehead atoms. The van der Waals surface area contributed by atoms with Gasteiger partial charge in [0.1, 0.15) is 11.6 Å². The van der Waals surface area contributed by atoms with Crippen LogP contribution in [0.1, 0.15) is 22.5 Å². The molecule has 60 heavy (non-hydrogen) atoms. The van der Waals surface area contributed by atoms with Gasteiger partial charge in [-0.2, -0.15) is 8.61 Å². The molecule has 0 amide bonds. The lowest BCUT2D eigenvalue weighted by Gasteiger charge is -2.33. The molecule has 0 saturated carbocycles. The zero-order valence-electron chi connectivity index (χ0n) is 31.5. The van der Waals surface area contributed by atoms with Crippen LogP contribution >= 0.6 is 77.7 Å². The number of rotatable bonds is 10. The number of hydrogen-bond acceptors (Lipinski definition) is 10. The third-order valence-corrected chi connectivity index (χ3v) is 16.8. The van der Waals surface area contributed by atoms with E-state index >= 15 is 0 Å². The minimum Gasteiger partial charge on any atom is -0.345 e. The van der Waals surface area contributed by atoms with Crippen molar-refractivity contribution < 1.29 is 25.6 Å². The average Bonchev–Trinajstić information content (AvgIpc) is 3.88. The molecular formula is C40H36Br2Cl2F2N6O4S4. The Morgan fingerprint density at radius 2 is 0.917 bits per heavy atom. The van der Waals surface area contributed by atoms with Gasteiger partial charge in [-0.1, -0.05) is 55.1 Å². The highest BCUT2D eigenvalue weighted by molar-refractivity contribution is 9.10. The van der Waals surface area contributed by atoms with Crippen LogP contribution in [0.5, 0.6) is 0 Å². The summed E-state index contributed by atoms with van der Waals surface area (Å²) in [5, 5.41) is 6.78. The molecule has 0 atom stereocenters. The predicted octanol–water partition coefficient (Wildman–Crippen LogP) is 9.60. The van der Waals surface area contributed by atoms with Crippen LogP contribution in [0.4, 0.5) is 19.0 Å². The Bertz CT molecular complexity index is 2440. The van der Waals surface area contributed by atoms with E-state index in [9.17, 15) is 25.6 Å². The number of aromatic nitrogens is 2. The Morgan fingerprint density at radius 3 is 1.30 bits per heavy atom. The van der Waals surface area contributed by atoms with E-state index in [1.165, 1.54) is 32.1 Å². The van der Waals surface area contributed by atoms with Crippen molar-refractivity contribution in [3.05, 3.63) is 149 Å². The van der Waals surface area contributed by atoms with E-state index in [0.717, 1.165) is 42.2 Å². The van der Waals surface area contributed by atoms with Gasteiger partial charge in [-0.25, -0.2) is 35.6 Å². The normalized spacial score (nSPS) is 15.5. The van der Waals surface area contributed by atoms with E-state index < -0.39 is 31.7 Å². The predicted molar refractivity (Wildman–Crippen MR) is 243 cm³/mol. The van der Waals surface area contributed by atoms with Crippen molar-refractivity contribution in [2.24, 2.45) is 0 Å². The SMILES string of the molecule is O=S(=O)(c1ccc(Br)cc1)N1CCN(c2nc(Cc3cc(Cl)cc(Cl)c3)cs2)CC1.O=S(=O)(c1ccc(Br)cc1)N1CCN(c2nc(Cc3cc(F)cc(F)c3)cs2)CC1. The monoisotopic (exact) mass is 1060 g/mol. The molecule has 20 heteroatoms. The molecule has 0 spiro atoms. The number of sulfonamides is 2. The quantitative estimate of drug-likeness (QED) is 0.134. The van der Waals surface area contributed by atoms with Crippen molar-refractivity contribution in [2.75, 3.05) is 62.2 Å². The summed E-state index contributed by atoms with van der Waals surface area (Å²) in [7, 11) is -7.01. The molecule has 2 fully saturated rings. The van der Waals surface area contributed by atoms with Crippen LogP contribution in [0, 0.1) is 11.6 Å². The zero-order valence-corrected chi connectivity index (χ0v) is 39.5. The number of benzene rings is 4. The summed E-state index contributed by atoms with van der Waals surface area (Å²) in [6.45, 7) is 3.84. The lowest BCUT2D eigenvalue weighted by atomic mass is 10.1. The minimum atomic E-state index is -3.53. The zero-order chi connectivity index (χ0) is 42.6. The van der Waals surface area contributed by atoms with Gasteiger partial charge in [0.2, 0.25) is 20.0 Å². The summed E-state index contributed by atoms with van der Waals surface area (Å²) in [5.74, 6) is -1.22. The van der Waals surface area contributed by atoms with Crippen LogP contribution in [-0.2, 0) is 32.9 Å². The van der Waals surface area contributed by atoms with Gasteiger partial charge in [-0.15, -0.1) is 22.7 Å². The van der Waals surface area contributed by atoms with E-state index in [1.54, 1.807) is 65.9 Å². The first-order valence-electron chi connectivity index (χ1n) is 18.4. The molecule has 0 unspecified atom stereocenters. The summed E-state index contributed by atoms with van der Waals surface area (Å²) in [6.07, 6.45) is 0.984. The first kappa shape index (κ1) is 45.0. The van der Waals surface area contributed by atoms with Crippen LogP contribution in [0.25, 0.3) is 0 Å². The maximum atomic E-state index is 13.4. The molecule has 10 nitrogen and oxygen atoms in total. The van der Waals surface area contributed by atoms with Crippen molar-refractivity contribution >= 4 is 108 Å². The molecule has 4 aromatic carbocycles. The van der Waals surface area contributed by atoms with Crippen molar-refractivity contribution in [1.82, 2.24) is 18.6 Å². The highest BCUT2D eigenvalue weighted by atomic mass is 79.9. The second kappa shape index (κ2) is 19.6. The molecule has 0 N–H and O–H groups in total. The fourth-order valence-electron chi connectivity index (χ4n) is 6.64. The number of anilines is 2. The third-order valence-electron chi connectivity index (χ3n) is 9.62. The third kappa shape index (κ3) is 11.3. The standard InChI is InChI=1S/C20H18BrCl2N3O2S2.C20H18BrF2N3O2S2/c2*21-15-1-3-19(4-2-15)30(27,28)26-7-5-25(6-8-26)20-24-18(13-29-20)11-14-9-16(22)12-17(23)10-14/h2*1-4,9-10,12-13H,5-8,11H2. The lowest BCUT2D eigenvalue weighted by molar-refractivity contribution is 0.384. The van der Waals surface area contributed by atoms with Gasteiger partial charge in [0.25, 0.3) is 0 Å². The number of hydrogen-bond donors (Lipinski definition) is 0. The summed E-state index contributed by atoms with van der Waals surface area (Å²) in [4.78, 5) is 14.1. The fourth-order valence-corrected chi connectivity index (χ4v) is 12.3. The first-order valence-corrected chi connectivity index (χ1v) is 25.4. The van der Waals surface area contributed by atoms with Crippen LogP contribution in [0.3, 0.4) is 0 Å². The summed E-state index contributed by atoms with van der Waals surface area (Å²) in [6, 6.07) is 22.3. The Labute approximate surface area is 382 Å². The maximum absolute atomic E-state index is 13.4. The number of nitrogens with zero attached hydrogens (tertiary/aromatic N) is 6. The molecule has 2 aromatic heterocycles. The molecule has 0 aliphatic carbocycles. The second-order valence-corrected chi connectivity index (χ2v) is 22.1. The second-order valence-electron chi connectivity index (χ2n) is 13.8. The lowest BCUT2D eigenvalue weighted by Crippen LogP contribution is -2.48. The van der Waals surface area contributed by atoms with Gasteiger partial charge in [-0.3, -0.25) is 0 Å². The van der Waals surface area contributed by atoms with E-state index in [4.69, 9.17) is 28.2 Å². The van der Waals surface area contributed by atoms with Crippen molar-refractivity contribution in [3.63, 3.8) is 0 Å². The molecule has 2 aliphatic heterocycles. The number of piperazine rings is 2. The van der Waals surface area contributed by atoms with Crippen molar-refractivity contribution in [2.45, 2.75) is 22.6 Å². The van der Waals surface area contributed by atoms with Crippen LogP contribution in [0.15, 0.2) is 114 Å². The van der Waals surface area contributed by atoms with Crippen molar-refractivity contribution in [3.8, 4) is 0 Å². The Balaban J connectivity index is 0.000000181. The first-order chi connectivity index (χ1) is 28.6. The van der Waals surface area contributed by atoms with E-state index in [-0.39, 0.29) is 4.90 Å². The van der Waals surface area contributed by atoms with Gasteiger partial charge < -0.3 is 9.80 Å². The molecular weight excluding hydrogens is 1030 g/mol. The molecule has 2 saturated heterocycles. The molecule has 316 valence electrons. The topological polar surface area (TPSA) is 107 Å². The van der Waals surface area contributed by atoms with E-state index in [2.05, 4.69) is 41.7 Å². The van der Waals surface area contributed by atoms with Crippen LogP contribution in [0.2, 0.25) is 10.0 Å². The highest BCUT2D eigenvalue weighted by Crippen LogP contribution is 2.29. The molecule has 6 aromatic rings. The van der Waals surface area contributed by atoms with Gasteiger partial charge >= 0.3 is 0 Å². The fraction of sp³-hybridized carbons (Fsp3) is 0.250. The summed E-state index contributed by atoms with van der Waals surface area (Å²) in [5.41, 5.74) is 3.20. The van der Waals surface area contributed by atoms with Gasteiger partial charge in [0, 0.05) is 101 Å². The average molecular weight is 1060 g/mol. The minimum absolute atomic E-state index is 0.276. The largest absolute Gasteiger partial charge is 0.345 e. The Hall–Kier alpha value is -3.04. The molecule has 2 aliphatic rings. The van der Waals surface area contributed by atoms with Crippen LogP contribution in [-0.4, -0.2) is 87.8 Å². The van der Waals surface area contributed by atoms with Crippen molar-refractivity contribution in [1.29, 1.82) is 0 Å². The van der Waals surface area contributed by atoms with E-state index in [1.807, 2.05) is 27.8 Å². The van der Waals surface area contributed by atoms with Gasteiger partial charge in [0.05, 0.1) is 21.2 Å². The molecule has 4 heterocycles. The highest BCUT2D eigenvalue weighted by Gasteiger charge is 2.31. The van der Waals surface area contributed by atoms with Gasteiger partial charge in [-0.05, 0) is 90.0 Å². The maximum Gasteiger partial charge on any atom is 0.243 e. The Morgan fingerprint density at radius 1 is 0.550 bits per heavy atom. The summed E-state index contributed by atoms with van der Waals surface area (Å²) < 4.78 is 82.8. The number of thiazole rings is 2. The Kier molecular flexibility index (Phi) is 14.7. The van der Waals surface area contributed by atoms with E-state index in [0.29, 0.717) is 85.7 Å². The van der Waals surface area contributed by atoms with Crippen LogP contribution < -0.4 is 9.80 Å². The molecule has 0 radical (unpaired) electrons. The summed E-state index contributed by atoms with van der Waals surface area (Å²) >= 11 is 21.8. The number of halogens is 6.